The van der Waals surface area contributed by atoms with Gasteiger partial charge in [-0.15, -0.1) is 0 Å². The Morgan fingerprint density at radius 2 is 2.00 bits per heavy atom. The Labute approximate surface area is 112 Å². The maximum absolute atomic E-state index is 11.3. The van der Waals surface area contributed by atoms with E-state index in [1.165, 1.54) is 6.07 Å². The third kappa shape index (κ3) is 3.25. The molecule has 2 aromatic carbocycles. The van der Waals surface area contributed by atoms with Gasteiger partial charge in [-0.25, -0.2) is 0 Å². The lowest BCUT2D eigenvalue weighted by atomic mass is 10.1. The van der Waals surface area contributed by atoms with Gasteiger partial charge >= 0.3 is 0 Å². The summed E-state index contributed by atoms with van der Waals surface area (Å²) in [6.45, 7) is 2.40. The summed E-state index contributed by atoms with van der Waals surface area (Å²) in [5, 5.41) is 0. The van der Waals surface area contributed by atoms with Crippen molar-refractivity contribution in [3.05, 3.63) is 59.2 Å². The molecule has 0 bridgehead atoms. The molecule has 0 radical (unpaired) electrons. The van der Waals surface area contributed by atoms with E-state index in [1.807, 2.05) is 31.2 Å². The van der Waals surface area contributed by atoms with Gasteiger partial charge in [0.2, 0.25) is 0 Å². The number of aryl methyl sites for hydroxylation is 1. The second-order valence-electron chi connectivity index (χ2n) is 4.40. The zero-order valence-electron chi connectivity index (χ0n) is 10.7. The monoisotopic (exact) mass is 256 g/mol. The Morgan fingerprint density at radius 3 is 2.68 bits per heavy atom. The molecule has 0 aliphatic heterocycles. The minimum absolute atomic E-state index is 0.299. The highest BCUT2D eigenvalue weighted by Crippen LogP contribution is 2.22. The lowest BCUT2D eigenvalue weighted by Crippen LogP contribution is -2.13. The van der Waals surface area contributed by atoms with Crippen LogP contribution in [0, 0.1) is 6.92 Å². The molecule has 0 fully saturated rings. The molecular formula is C15H16N2O2. The molecular weight excluding hydrogens is 240 g/mol. The van der Waals surface area contributed by atoms with Crippen LogP contribution in [0.4, 0.5) is 5.69 Å². The van der Waals surface area contributed by atoms with Crippen molar-refractivity contribution >= 4 is 11.6 Å². The Bertz CT molecular complexity index is 609. The van der Waals surface area contributed by atoms with Crippen LogP contribution in [0.3, 0.4) is 0 Å². The fraction of sp³-hybridized carbons (Fsp3) is 0.133. The molecule has 2 rings (SSSR count). The average Bonchev–Trinajstić information content (AvgIpc) is 2.37. The van der Waals surface area contributed by atoms with Crippen molar-refractivity contribution < 1.29 is 9.53 Å². The Kier molecular flexibility index (Phi) is 3.71. The normalized spacial score (nSPS) is 10.2. The van der Waals surface area contributed by atoms with E-state index in [0.29, 0.717) is 23.6 Å². The van der Waals surface area contributed by atoms with Gasteiger partial charge in [-0.3, -0.25) is 4.79 Å². The third-order valence-corrected chi connectivity index (χ3v) is 2.75. The van der Waals surface area contributed by atoms with Crippen molar-refractivity contribution in [1.82, 2.24) is 0 Å². The van der Waals surface area contributed by atoms with Crippen LogP contribution in [0.25, 0.3) is 0 Å². The summed E-state index contributed by atoms with van der Waals surface area (Å²) < 4.78 is 5.64. The van der Waals surface area contributed by atoms with E-state index >= 15 is 0 Å². The van der Waals surface area contributed by atoms with Crippen LogP contribution in [0.2, 0.25) is 0 Å². The summed E-state index contributed by atoms with van der Waals surface area (Å²) in [5.74, 6) is -0.102. The predicted molar refractivity (Wildman–Crippen MR) is 74.9 cm³/mol. The van der Waals surface area contributed by atoms with E-state index < -0.39 is 5.91 Å². The van der Waals surface area contributed by atoms with Crippen molar-refractivity contribution in [3.8, 4) is 5.75 Å². The van der Waals surface area contributed by atoms with E-state index in [9.17, 15) is 4.79 Å². The maximum atomic E-state index is 11.3. The lowest BCUT2D eigenvalue weighted by molar-refractivity contribution is 0.0996. The number of nitrogen functional groups attached to an aromatic ring is 1. The van der Waals surface area contributed by atoms with E-state index in [-0.39, 0.29) is 0 Å². The molecule has 2 aromatic rings. The van der Waals surface area contributed by atoms with E-state index in [0.717, 1.165) is 11.1 Å². The molecule has 4 nitrogen and oxygen atoms in total. The van der Waals surface area contributed by atoms with E-state index in [4.69, 9.17) is 16.2 Å². The minimum Gasteiger partial charge on any atom is -0.488 e. The second-order valence-corrected chi connectivity index (χ2v) is 4.40. The van der Waals surface area contributed by atoms with Gasteiger partial charge in [0.1, 0.15) is 12.4 Å². The van der Waals surface area contributed by atoms with Crippen LogP contribution in [0.5, 0.6) is 5.75 Å². The number of hydrogen-bond acceptors (Lipinski definition) is 3. The van der Waals surface area contributed by atoms with Crippen LogP contribution < -0.4 is 16.2 Å². The maximum Gasteiger partial charge on any atom is 0.252 e. The largest absolute Gasteiger partial charge is 0.488 e. The molecule has 1 amide bonds. The molecule has 0 saturated carbocycles. The van der Waals surface area contributed by atoms with E-state index in [2.05, 4.69) is 0 Å². The molecule has 19 heavy (non-hydrogen) atoms. The molecule has 0 saturated heterocycles. The lowest BCUT2D eigenvalue weighted by Gasteiger charge is -2.10. The topological polar surface area (TPSA) is 78.3 Å². The highest BCUT2D eigenvalue weighted by Gasteiger charge is 2.10. The van der Waals surface area contributed by atoms with Crippen molar-refractivity contribution in [3.63, 3.8) is 0 Å². The smallest absolute Gasteiger partial charge is 0.252 e. The fourth-order valence-electron chi connectivity index (χ4n) is 1.83. The quantitative estimate of drug-likeness (QED) is 0.823. The van der Waals surface area contributed by atoms with Crippen molar-refractivity contribution in [2.45, 2.75) is 13.5 Å². The summed E-state index contributed by atoms with van der Waals surface area (Å²) in [7, 11) is 0. The van der Waals surface area contributed by atoms with Gasteiger partial charge in [0.15, 0.2) is 0 Å². The first-order chi connectivity index (χ1) is 9.06. The number of hydrogen-bond donors (Lipinski definition) is 2. The highest BCUT2D eigenvalue weighted by atomic mass is 16.5. The van der Waals surface area contributed by atoms with Gasteiger partial charge in [-0.1, -0.05) is 29.8 Å². The number of primary amides is 1. The van der Waals surface area contributed by atoms with E-state index in [1.54, 1.807) is 12.1 Å². The number of carbonyl (C=O) groups excluding carboxylic acids is 1. The minimum atomic E-state index is -0.549. The third-order valence-electron chi connectivity index (χ3n) is 2.75. The first kappa shape index (κ1) is 13.0. The number of nitrogens with two attached hydrogens (primary N) is 2. The number of ether oxygens (including phenoxy) is 1. The molecule has 0 aliphatic carbocycles. The highest BCUT2D eigenvalue weighted by molar-refractivity contribution is 5.96. The zero-order valence-corrected chi connectivity index (χ0v) is 10.7. The average molecular weight is 256 g/mol. The van der Waals surface area contributed by atoms with Crippen LogP contribution in [-0.4, -0.2) is 5.91 Å². The molecule has 0 aliphatic rings. The van der Waals surface area contributed by atoms with Gasteiger partial charge in [0, 0.05) is 5.69 Å². The number of carbonyl (C=O) groups is 1. The summed E-state index contributed by atoms with van der Waals surface area (Å²) in [4.78, 5) is 11.3. The summed E-state index contributed by atoms with van der Waals surface area (Å²) in [6, 6.07) is 12.8. The van der Waals surface area contributed by atoms with Crippen LogP contribution in [0.15, 0.2) is 42.5 Å². The molecule has 0 heterocycles. The van der Waals surface area contributed by atoms with Crippen LogP contribution in [0.1, 0.15) is 21.5 Å². The first-order valence-corrected chi connectivity index (χ1v) is 5.94. The second kappa shape index (κ2) is 5.44. The van der Waals surface area contributed by atoms with Gasteiger partial charge in [-0.05, 0) is 30.7 Å². The molecule has 0 spiro atoms. The molecule has 98 valence electrons. The molecule has 0 aromatic heterocycles. The van der Waals surface area contributed by atoms with Crippen LogP contribution in [-0.2, 0) is 6.61 Å². The van der Waals surface area contributed by atoms with Gasteiger partial charge in [0.25, 0.3) is 5.91 Å². The molecule has 0 unspecified atom stereocenters. The number of amides is 1. The fourth-order valence-corrected chi connectivity index (χ4v) is 1.83. The van der Waals surface area contributed by atoms with Gasteiger partial charge in [0.05, 0.1) is 5.56 Å². The SMILES string of the molecule is Cc1cccc(COc2ccc(N)cc2C(N)=O)c1. The molecule has 4 N–H and O–H groups in total. The number of anilines is 1. The van der Waals surface area contributed by atoms with Crippen molar-refractivity contribution in [2.75, 3.05) is 5.73 Å². The predicted octanol–water partition coefficient (Wildman–Crippen LogP) is 2.26. The Balaban J connectivity index is 2.17. The zero-order chi connectivity index (χ0) is 13.8. The summed E-state index contributed by atoms with van der Waals surface area (Å²) in [5.41, 5.74) is 13.9. The van der Waals surface area contributed by atoms with Gasteiger partial charge < -0.3 is 16.2 Å². The summed E-state index contributed by atoms with van der Waals surface area (Å²) >= 11 is 0. The Hall–Kier alpha value is -2.49. The van der Waals surface area contributed by atoms with Crippen molar-refractivity contribution in [2.24, 2.45) is 5.73 Å². The molecule has 4 heteroatoms. The summed E-state index contributed by atoms with van der Waals surface area (Å²) in [6.07, 6.45) is 0. The Morgan fingerprint density at radius 1 is 1.21 bits per heavy atom. The standard InChI is InChI=1S/C15H16N2O2/c1-10-3-2-4-11(7-10)9-19-14-6-5-12(16)8-13(14)15(17)18/h2-8H,9,16H2,1H3,(H2,17,18). The van der Waals surface area contributed by atoms with Gasteiger partial charge in [-0.2, -0.15) is 0 Å². The van der Waals surface area contributed by atoms with Crippen molar-refractivity contribution in [1.29, 1.82) is 0 Å². The van der Waals surface area contributed by atoms with Crippen LogP contribution >= 0.6 is 0 Å². The molecule has 0 atom stereocenters. The first-order valence-electron chi connectivity index (χ1n) is 5.94. The number of rotatable bonds is 4. The number of benzene rings is 2.